The molecule has 3 rings (SSSR count). The zero-order chi connectivity index (χ0) is 20.1. The van der Waals surface area contributed by atoms with Crippen molar-refractivity contribution in [2.24, 2.45) is 0 Å². The van der Waals surface area contributed by atoms with E-state index in [0.29, 0.717) is 12.1 Å². The third-order valence-corrected chi connectivity index (χ3v) is 4.67. The molecule has 0 aliphatic carbocycles. The molecule has 1 amide bonds. The second-order valence-electron chi connectivity index (χ2n) is 7.90. The summed E-state index contributed by atoms with van der Waals surface area (Å²) in [6, 6.07) is 15.6. The van der Waals surface area contributed by atoms with E-state index in [1.807, 2.05) is 54.7 Å². The summed E-state index contributed by atoms with van der Waals surface area (Å²) in [5, 5.41) is 3.85. The molecule has 3 aromatic rings. The zero-order valence-electron chi connectivity index (χ0n) is 16.5. The van der Waals surface area contributed by atoms with E-state index in [4.69, 9.17) is 4.74 Å². The number of anilines is 1. The molecule has 0 aliphatic heterocycles. The number of aromatic amines is 1. The van der Waals surface area contributed by atoms with Gasteiger partial charge in [-0.3, -0.25) is 9.59 Å². The van der Waals surface area contributed by atoms with Gasteiger partial charge >= 0.3 is 5.97 Å². The number of esters is 1. The van der Waals surface area contributed by atoms with Gasteiger partial charge in [0, 0.05) is 29.2 Å². The summed E-state index contributed by atoms with van der Waals surface area (Å²) in [7, 11) is 0. The maximum absolute atomic E-state index is 12.0. The maximum Gasteiger partial charge on any atom is 0.306 e. The number of para-hydroxylation sites is 1. The Kier molecular flexibility index (Phi) is 5.83. The molecule has 0 atom stereocenters. The molecule has 2 aromatic carbocycles. The number of hydrogen-bond donors (Lipinski definition) is 2. The fourth-order valence-electron chi connectivity index (χ4n) is 3.04. The Bertz CT molecular complexity index is 965. The molecule has 0 bridgehead atoms. The molecular formula is C23H26N2O3. The minimum absolute atomic E-state index is 0.0584. The van der Waals surface area contributed by atoms with E-state index in [1.54, 1.807) is 0 Å². The predicted octanol–water partition coefficient (Wildman–Crippen LogP) is 4.58. The molecule has 1 aromatic heterocycles. The number of fused-ring (bicyclic) bond motifs is 1. The summed E-state index contributed by atoms with van der Waals surface area (Å²) < 4.78 is 5.10. The van der Waals surface area contributed by atoms with E-state index in [2.05, 4.69) is 31.1 Å². The van der Waals surface area contributed by atoms with Crippen LogP contribution in [-0.2, 0) is 26.2 Å². The summed E-state index contributed by atoms with van der Waals surface area (Å²) >= 11 is 0. The van der Waals surface area contributed by atoms with Gasteiger partial charge in [0.1, 0.15) is 0 Å². The molecule has 1 heterocycles. The fourth-order valence-corrected chi connectivity index (χ4v) is 3.04. The van der Waals surface area contributed by atoms with E-state index in [1.165, 1.54) is 5.56 Å². The molecule has 0 unspecified atom stereocenters. The van der Waals surface area contributed by atoms with Crippen molar-refractivity contribution in [2.45, 2.75) is 39.0 Å². The van der Waals surface area contributed by atoms with Gasteiger partial charge in [0.25, 0.3) is 5.91 Å². The van der Waals surface area contributed by atoms with E-state index >= 15 is 0 Å². The maximum atomic E-state index is 12.0. The molecule has 2 N–H and O–H groups in total. The van der Waals surface area contributed by atoms with Crippen LogP contribution >= 0.6 is 0 Å². The van der Waals surface area contributed by atoms with Gasteiger partial charge in [-0.25, -0.2) is 0 Å². The van der Waals surface area contributed by atoms with Crippen LogP contribution in [0.2, 0.25) is 0 Å². The molecule has 0 fully saturated rings. The number of amides is 1. The van der Waals surface area contributed by atoms with Gasteiger partial charge in [0.05, 0.1) is 0 Å². The minimum Gasteiger partial charge on any atom is -0.456 e. The Balaban J connectivity index is 1.44. The molecular weight excluding hydrogens is 352 g/mol. The Morgan fingerprint density at radius 1 is 1.04 bits per heavy atom. The van der Waals surface area contributed by atoms with E-state index in [0.717, 1.165) is 16.5 Å². The monoisotopic (exact) mass is 378 g/mol. The molecule has 28 heavy (non-hydrogen) atoms. The minimum atomic E-state index is -0.386. The lowest BCUT2D eigenvalue weighted by Gasteiger charge is -2.19. The summed E-state index contributed by atoms with van der Waals surface area (Å²) in [5.74, 6) is -0.729. The van der Waals surface area contributed by atoms with Crippen LogP contribution in [0, 0.1) is 0 Å². The first-order chi connectivity index (χ1) is 13.3. The van der Waals surface area contributed by atoms with Gasteiger partial charge in [0.15, 0.2) is 6.61 Å². The molecule has 0 saturated heterocycles. The van der Waals surface area contributed by atoms with E-state index in [-0.39, 0.29) is 30.3 Å². The first-order valence-electron chi connectivity index (χ1n) is 9.44. The van der Waals surface area contributed by atoms with Gasteiger partial charge in [-0.1, -0.05) is 51.1 Å². The lowest BCUT2D eigenvalue weighted by Crippen LogP contribution is -2.21. The van der Waals surface area contributed by atoms with E-state index < -0.39 is 0 Å². The Hall–Kier alpha value is -3.08. The summed E-state index contributed by atoms with van der Waals surface area (Å²) in [4.78, 5) is 27.2. The van der Waals surface area contributed by atoms with E-state index in [9.17, 15) is 9.59 Å². The molecule has 0 aliphatic rings. The topological polar surface area (TPSA) is 71.2 Å². The highest BCUT2D eigenvalue weighted by Crippen LogP contribution is 2.23. The van der Waals surface area contributed by atoms with Gasteiger partial charge in [0.2, 0.25) is 0 Å². The van der Waals surface area contributed by atoms with Crippen LogP contribution in [0.5, 0.6) is 0 Å². The number of aryl methyl sites for hydroxylation is 1. The largest absolute Gasteiger partial charge is 0.456 e. The van der Waals surface area contributed by atoms with Crippen molar-refractivity contribution in [3.05, 3.63) is 65.9 Å². The second-order valence-corrected chi connectivity index (χ2v) is 7.90. The van der Waals surface area contributed by atoms with Crippen LogP contribution in [0.3, 0.4) is 0 Å². The number of benzene rings is 2. The van der Waals surface area contributed by atoms with Crippen molar-refractivity contribution in [3.63, 3.8) is 0 Å². The van der Waals surface area contributed by atoms with Gasteiger partial charge in [-0.2, -0.15) is 0 Å². The standard InChI is InChI=1S/C23H26N2O3/c1-23(2,3)17-9-11-18(12-10-17)25-21(26)15-28-22(27)13-8-16-14-24-20-7-5-4-6-19(16)20/h4-7,9-12,14,24H,8,13,15H2,1-3H3,(H,25,26). The molecule has 5 nitrogen and oxygen atoms in total. The van der Waals surface area contributed by atoms with Crippen molar-refractivity contribution in [1.29, 1.82) is 0 Å². The van der Waals surface area contributed by atoms with Crippen LogP contribution in [0.15, 0.2) is 54.7 Å². The van der Waals surface area contributed by atoms with Crippen LogP contribution in [0.4, 0.5) is 5.69 Å². The summed E-state index contributed by atoms with van der Waals surface area (Å²) in [6.07, 6.45) is 2.71. The summed E-state index contributed by atoms with van der Waals surface area (Å²) in [5.41, 5.74) is 4.05. The normalized spacial score (nSPS) is 11.4. The Labute approximate surface area is 165 Å². The van der Waals surface area contributed by atoms with Crippen LogP contribution in [-0.4, -0.2) is 23.5 Å². The number of carbonyl (C=O) groups excluding carboxylic acids is 2. The third-order valence-electron chi connectivity index (χ3n) is 4.67. The smallest absolute Gasteiger partial charge is 0.306 e. The number of ether oxygens (including phenoxy) is 1. The van der Waals surface area contributed by atoms with Crippen molar-refractivity contribution in [3.8, 4) is 0 Å². The first-order valence-corrected chi connectivity index (χ1v) is 9.44. The fraction of sp³-hybridized carbons (Fsp3) is 0.304. The number of H-pyrrole nitrogens is 1. The molecule has 5 heteroatoms. The number of aromatic nitrogens is 1. The predicted molar refractivity (Wildman–Crippen MR) is 111 cm³/mol. The number of nitrogens with one attached hydrogen (secondary N) is 2. The third kappa shape index (κ3) is 5.00. The summed E-state index contributed by atoms with van der Waals surface area (Å²) in [6.45, 7) is 6.12. The Morgan fingerprint density at radius 3 is 2.46 bits per heavy atom. The first kappa shape index (κ1) is 19.7. The van der Waals surface area contributed by atoms with Crippen molar-refractivity contribution in [2.75, 3.05) is 11.9 Å². The van der Waals surface area contributed by atoms with Crippen LogP contribution in [0.1, 0.15) is 38.3 Å². The van der Waals surface area contributed by atoms with Gasteiger partial charge < -0.3 is 15.0 Å². The number of carbonyl (C=O) groups is 2. The van der Waals surface area contributed by atoms with Crippen molar-refractivity contribution >= 4 is 28.5 Å². The highest BCUT2D eigenvalue weighted by Gasteiger charge is 2.14. The highest BCUT2D eigenvalue weighted by molar-refractivity contribution is 5.92. The number of hydrogen-bond acceptors (Lipinski definition) is 3. The highest BCUT2D eigenvalue weighted by atomic mass is 16.5. The molecule has 0 spiro atoms. The quantitative estimate of drug-likeness (QED) is 0.617. The van der Waals surface area contributed by atoms with Gasteiger partial charge in [-0.15, -0.1) is 0 Å². The van der Waals surface area contributed by atoms with Crippen LogP contribution in [0.25, 0.3) is 10.9 Å². The Morgan fingerprint density at radius 2 is 1.75 bits per heavy atom. The lowest BCUT2D eigenvalue weighted by molar-refractivity contribution is -0.147. The zero-order valence-corrected chi connectivity index (χ0v) is 16.5. The van der Waals surface area contributed by atoms with Crippen molar-refractivity contribution in [1.82, 2.24) is 4.98 Å². The SMILES string of the molecule is CC(C)(C)c1ccc(NC(=O)COC(=O)CCc2c[nH]c3ccccc23)cc1. The average molecular weight is 378 g/mol. The molecule has 0 saturated carbocycles. The van der Waals surface area contributed by atoms with Crippen LogP contribution < -0.4 is 5.32 Å². The lowest BCUT2D eigenvalue weighted by atomic mass is 9.87. The second kappa shape index (κ2) is 8.30. The van der Waals surface area contributed by atoms with Crippen molar-refractivity contribution < 1.29 is 14.3 Å². The number of rotatable bonds is 6. The molecule has 0 radical (unpaired) electrons. The average Bonchev–Trinajstić information content (AvgIpc) is 3.07. The molecule has 146 valence electrons. The van der Waals surface area contributed by atoms with Gasteiger partial charge in [-0.05, 0) is 41.2 Å².